The Bertz CT molecular complexity index is 476. The molecular formula is C10H9NOS2. The van der Waals surface area contributed by atoms with Gasteiger partial charge in [0.1, 0.15) is 5.00 Å². The Morgan fingerprint density at radius 2 is 2.14 bits per heavy atom. The number of fused-ring (bicyclic) bond motifs is 1. The van der Waals surface area contributed by atoms with Crippen molar-refractivity contribution in [2.24, 2.45) is 0 Å². The van der Waals surface area contributed by atoms with E-state index in [0.717, 1.165) is 26.9 Å². The van der Waals surface area contributed by atoms with E-state index in [9.17, 15) is 4.79 Å². The molecule has 2 nitrogen and oxygen atoms in total. The van der Waals surface area contributed by atoms with Crippen LogP contribution in [0.3, 0.4) is 0 Å². The number of nitrogens with zero attached hydrogens (tertiary/aromatic N) is 1. The first-order valence-electron chi connectivity index (χ1n) is 4.13. The van der Waals surface area contributed by atoms with Gasteiger partial charge in [0.05, 0.1) is 5.56 Å². The van der Waals surface area contributed by atoms with Crippen LogP contribution >= 0.6 is 24.2 Å². The van der Waals surface area contributed by atoms with Crippen LogP contribution in [0.2, 0.25) is 0 Å². The van der Waals surface area contributed by atoms with Crippen molar-refractivity contribution in [1.82, 2.24) is 0 Å². The van der Waals surface area contributed by atoms with Crippen LogP contribution in [0.4, 0.5) is 5.00 Å². The van der Waals surface area contributed by atoms with Crippen molar-refractivity contribution in [2.45, 2.75) is 0 Å². The third-order valence-electron chi connectivity index (χ3n) is 2.03. The lowest BCUT2D eigenvalue weighted by Gasteiger charge is -2.07. The summed E-state index contributed by atoms with van der Waals surface area (Å²) in [5.74, 6) is 0. The summed E-state index contributed by atoms with van der Waals surface area (Å²) in [4.78, 5) is 11.0. The molecule has 0 atom stereocenters. The second kappa shape index (κ2) is 3.63. The topological polar surface area (TPSA) is 20.3 Å². The van der Waals surface area contributed by atoms with E-state index in [-0.39, 0.29) is 0 Å². The number of benzene rings is 1. The maximum Gasteiger partial charge on any atom is 0.153 e. The Labute approximate surface area is 91.7 Å². The van der Waals surface area contributed by atoms with Crippen LogP contribution in [-0.4, -0.2) is 13.3 Å². The minimum atomic E-state index is 0.725. The molecule has 0 aliphatic carbocycles. The van der Waals surface area contributed by atoms with Crippen molar-refractivity contribution in [3.63, 3.8) is 0 Å². The van der Waals surface area contributed by atoms with Crippen LogP contribution in [0.15, 0.2) is 24.3 Å². The molecule has 0 aliphatic heterocycles. The van der Waals surface area contributed by atoms with Crippen LogP contribution < -0.4 is 4.31 Å². The molecule has 0 amide bonds. The highest BCUT2D eigenvalue weighted by Crippen LogP contribution is 2.36. The molecule has 2 aromatic rings. The van der Waals surface area contributed by atoms with E-state index in [1.54, 1.807) is 15.6 Å². The average molecular weight is 223 g/mol. The van der Waals surface area contributed by atoms with E-state index in [4.69, 9.17) is 0 Å². The molecule has 0 fully saturated rings. The largest absolute Gasteiger partial charge is 0.313 e. The fourth-order valence-corrected chi connectivity index (χ4v) is 2.68. The molecule has 0 radical (unpaired) electrons. The third-order valence-corrected chi connectivity index (χ3v) is 3.62. The summed E-state index contributed by atoms with van der Waals surface area (Å²) >= 11 is 5.78. The second-order valence-electron chi connectivity index (χ2n) is 2.96. The van der Waals surface area contributed by atoms with Crippen LogP contribution in [0, 0.1) is 0 Å². The Morgan fingerprint density at radius 3 is 2.79 bits per heavy atom. The number of carbonyl (C=O) groups is 1. The smallest absolute Gasteiger partial charge is 0.153 e. The molecular weight excluding hydrogens is 214 g/mol. The minimum Gasteiger partial charge on any atom is -0.313 e. The maximum atomic E-state index is 11.0. The van der Waals surface area contributed by atoms with Gasteiger partial charge in [0, 0.05) is 17.1 Å². The first kappa shape index (κ1) is 9.55. The first-order chi connectivity index (χ1) is 6.74. The van der Waals surface area contributed by atoms with Gasteiger partial charge in [-0.1, -0.05) is 31.0 Å². The van der Waals surface area contributed by atoms with Crippen molar-refractivity contribution in [1.29, 1.82) is 0 Å². The van der Waals surface area contributed by atoms with E-state index >= 15 is 0 Å². The normalized spacial score (nSPS) is 10.4. The lowest BCUT2D eigenvalue weighted by molar-refractivity contribution is 0.112. The highest BCUT2D eigenvalue weighted by atomic mass is 32.1. The molecule has 0 aliphatic rings. The zero-order chi connectivity index (χ0) is 10.1. The van der Waals surface area contributed by atoms with Crippen LogP contribution in [0.25, 0.3) is 10.1 Å². The summed E-state index contributed by atoms with van der Waals surface area (Å²) in [6, 6.07) is 7.87. The van der Waals surface area contributed by atoms with Gasteiger partial charge >= 0.3 is 0 Å². The molecule has 0 saturated carbocycles. The molecule has 0 spiro atoms. The zero-order valence-corrected chi connectivity index (χ0v) is 9.31. The highest BCUT2D eigenvalue weighted by Gasteiger charge is 2.12. The minimum absolute atomic E-state index is 0.725. The van der Waals surface area contributed by atoms with Crippen LogP contribution in [0.5, 0.6) is 0 Å². The summed E-state index contributed by atoms with van der Waals surface area (Å²) in [6.07, 6.45) is 0.890. The molecule has 2 rings (SSSR count). The molecule has 4 heteroatoms. The standard InChI is InChI=1S/C10H9NOS2/c1-11(13)10-8(6-12)7-4-2-3-5-9(7)14-10/h2-6,13H,1H3. The van der Waals surface area contributed by atoms with Gasteiger partial charge in [-0.2, -0.15) is 0 Å². The number of hydrogen-bond donors (Lipinski definition) is 1. The number of aldehydes is 1. The SMILES string of the molecule is CN(S)c1sc2ccccc2c1C=O. The monoisotopic (exact) mass is 223 g/mol. The summed E-state index contributed by atoms with van der Waals surface area (Å²) in [6.45, 7) is 0. The molecule has 1 aromatic heterocycles. The molecule has 0 N–H and O–H groups in total. The maximum absolute atomic E-state index is 11.0. The molecule has 0 bridgehead atoms. The molecule has 72 valence electrons. The van der Waals surface area contributed by atoms with Crippen molar-refractivity contribution in [3.8, 4) is 0 Å². The Hall–Kier alpha value is -1.00. The van der Waals surface area contributed by atoms with Crippen molar-refractivity contribution in [3.05, 3.63) is 29.8 Å². The number of anilines is 1. The van der Waals surface area contributed by atoms with Gasteiger partial charge in [-0.25, -0.2) is 0 Å². The molecule has 1 aromatic carbocycles. The van der Waals surface area contributed by atoms with Crippen LogP contribution in [-0.2, 0) is 0 Å². The van der Waals surface area contributed by atoms with E-state index < -0.39 is 0 Å². The average Bonchev–Trinajstić information content (AvgIpc) is 2.56. The van der Waals surface area contributed by atoms with Gasteiger partial charge in [-0.3, -0.25) is 4.79 Å². The van der Waals surface area contributed by atoms with Gasteiger partial charge in [-0.05, 0) is 6.07 Å². The van der Waals surface area contributed by atoms with Gasteiger partial charge in [0.2, 0.25) is 0 Å². The summed E-state index contributed by atoms with van der Waals surface area (Å²) in [5.41, 5.74) is 0.725. The lowest BCUT2D eigenvalue weighted by Crippen LogP contribution is -2.00. The number of hydrogen-bond acceptors (Lipinski definition) is 4. The van der Waals surface area contributed by atoms with Gasteiger partial charge in [0.25, 0.3) is 0 Å². The van der Waals surface area contributed by atoms with Gasteiger partial charge < -0.3 is 4.31 Å². The number of thiophene rings is 1. The fourth-order valence-electron chi connectivity index (χ4n) is 1.41. The zero-order valence-electron chi connectivity index (χ0n) is 7.60. The second-order valence-corrected chi connectivity index (χ2v) is 4.59. The van der Waals surface area contributed by atoms with E-state index in [1.807, 2.05) is 31.3 Å². The fraction of sp³-hybridized carbons (Fsp3) is 0.100. The Morgan fingerprint density at radius 1 is 1.43 bits per heavy atom. The summed E-state index contributed by atoms with van der Waals surface area (Å²) < 4.78 is 2.79. The van der Waals surface area contributed by atoms with Crippen LogP contribution in [0.1, 0.15) is 10.4 Å². The van der Waals surface area contributed by atoms with E-state index in [2.05, 4.69) is 12.8 Å². The first-order valence-corrected chi connectivity index (χ1v) is 5.35. The number of carbonyl (C=O) groups excluding carboxylic acids is 1. The quantitative estimate of drug-likeness (QED) is 0.624. The predicted molar refractivity (Wildman–Crippen MR) is 64.6 cm³/mol. The number of rotatable bonds is 2. The van der Waals surface area contributed by atoms with E-state index in [0.29, 0.717) is 0 Å². The third kappa shape index (κ3) is 1.40. The van der Waals surface area contributed by atoms with E-state index in [1.165, 1.54) is 0 Å². The molecule has 0 unspecified atom stereocenters. The predicted octanol–water partition coefficient (Wildman–Crippen LogP) is 2.99. The Balaban J connectivity index is 2.78. The molecule has 0 saturated heterocycles. The van der Waals surface area contributed by atoms with Crippen molar-refractivity contribution in [2.75, 3.05) is 11.4 Å². The van der Waals surface area contributed by atoms with Gasteiger partial charge in [0.15, 0.2) is 6.29 Å². The molecule has 1 heterocycles. The van der Waals surface area contributed by atoms with Crippen molar-refractivity contribution >= 4 is 45.5 Å². The summed E-state index contributed by atoms with van der Waals surface area (Å²) in [7, 11) is 1.82. The van der Waals surface area contributed by atoms with Crippen molar-refractivity contribution < 1.29 is 4.79 Å². The molecule has 14 heavy (non-hydrogen) atoms. The number of thiol groups is 1. The Kier molecular flexibility index (Phi) is 2.48. The van der Waals surface area contributed by atoms with Gasteiger partial charge in [-0.15, -0.1) is 11.3 Å². The highest BCUT2D eigenvalue weighted by molar-refractivity contribution is 7.82. The summed E-state index contributed by atoms with van der Waals surface area (Å²) in [5, 5.41) is 1.90. The lowest BCUT2D eigenvalue weighted by atomic mass is 10.2.